The zero-order chi connectivity index (χ0) is 11.5. The van der Waals surface area contributed by atoms with Crippen LogP contribution in [0, 0.1) is 0 Å². The van der Waals surface area contributed by atoms with E-state index in [9.17, 15) is 13.2 Å². The maximum atomic E-state index is 11.1. The predicted molar refractivity (Wildman–Crippen MR) is 57.8 cm³/mol. The van der Waals surface area contributed by atoms with Crippen LogP contribution in [-0.4, -0.2) is 28.8 Å². The quantitative estimate of drug-likeness (QED) is 0.712. The monoisotopic (exact) mass is 296 g/mol. The first-order valence-electron chi connectivity index (χ1n) is 3.80. The van der Waals surface area contributed by atoms with Crippen molar-refractivity contribution in [2.24, 2.45) is 5.73 Å². The van der Waals surface area contributed by atoms with Crippen LogP contribution in [0.25, 0.3) is 0 Å². The molecule has 3 N–H and O–H groups in total. The van der Waals surface area contributed by atoms with Gasteiger partial charge in [0.05, 0.1) is 11.9 Å². The van der Waals surface area contributed by atoms with Gasteiger partial charge in [-0.2, -0.15) is 5.10 Å². The van der Waals surface area contributed by atoms with Gasteiger partial charge in [-0.25, -0.2) is 8.42 Å². The molecular formula is C6H9BrN4O3S. The molecule has 0 fully saturated rings. The Hall–Kier alpha value is -1.09. The Labute approximate surface area is 94.8 Å². The highest BCUT2D eigenvalue weighted by Gasteiger charge is 2.09. The van der Waals surface area contributed by atoms with Crippen molar-refractivity contribution in [3.8, 4) is 0 Å². The smallest absolute Gasteiger partial charge is 0.242 e. The number of halogens is 1. The van der Waals surface area contributed by atoms with Crippen LogP contribution in [0.5, 0.6) is 0 Å². The minimum atomic E-state index is -3.39. The topological polar surface area (TPSA) is 107 Å². The van der Waals surface area contributed by atoms with Crippen LogP contribution in [0.3, 0.4) is 0 Å². The Morgan fingerprint density at radius 3 is 2.87 bits per heavy atom. The lowest BCUT2D eigenvalue weighted by molar-refractivity contribution is -0.118. The number of nitrogens with two attached hydrogens (primary N) is 1. The van der Waals surface area contributed by atoms with E-state index in [2.05, 4.69) is 25.8 Å². The number of nitrogens with zero attached hydrogens (tertiary/aromatic N) is 2. The fourth-order valence-electron chi connectivity index (χ4n) is 0.869. The third-order valence-electron chi connectivity index (χ3n) is 1.37. The first kappa shape index (κ1) is 12.0. The van der Waals surface area contributed by atoms with E-state index in [1.807, 2.05) is 0 Å². The molecule has 84 valence electrons. The number of primary amides is 1. The maximum absolute atomic E-state index is 11.1. The minimum Gasteiger partial charge on any atom is -0.368 e. The molecule has 7 nitrogen and oxygen atoms in total. The van der Waals surface area contributed by atoms with Gasteiger partial charge in [0.1, 0.15) is 11.2 Å². The van der Waals surface area contributed by atoms with Crippen LogP contribution in [-0.2, 0) is 21.4 Å². The number of hydrogen-bond acceptors (Lipinski definition) is 4. The number of carbonyl (C=O) groups excluding carboxylic acids is 1. The third-order valence-corrected chi connectivity index (χ3v) is 4.01. The van der Waals surface area contributed by atoms with Crippen molar-refractivity contribution in [1.29, 1.82) is 0 Å². The lowest BCUT2D eigenvalue weighted by atomic mass is 10.6. The molecule has 1 aromatic rings. The van der Waals surface area contributed by atoms with Gasteiger partial charge in [0.2, 0.25) is 15.9 Å². The van der Waals surface area contributed by atoms with Crippen LogP contribution in [0.15, 0.2) is 12.4 Å². The number of amides is 1. The molecular weight excluding hydrogens is 288 g/mol. The van der Waals surface area contributed by atoms with Gasteiger partial charge in [0.25, 0.3) is 0 Å². The summed E-state index contributed by atoms with van der Waals surface area (Å²) in [7, 11) is -3.39. The molecule has 1 aromatic heterocycles. The van der Waals surface area contributed by atoms with Crippen molar-refractivity contribution in [3.05, 3.63) is 12.4 Å². The van der Waals surface area contributed by atoms with Gasteiger partial charge in [0.15, 0.2) is 0 Å². The third kappa shape index (κ3) is 3.88. The molecule has 1 amide bonds. The number of aromatic nitrogens is 2. The molecule has 0 aliphatic rings. The maximum Gasteiger partial charge on any atom is 0.242 e. The van der Waals surface area contributed by atoms with Gasteiger partial charge in [-0.3, -0.25) is 14.2 Å². The normalized spacial score (nSPS) is 11.3. The largest absolute Gasteiger partial charge is 0.368 e. The first-order chi connectivity index (χ1) is 6.93. The van der Waals surface area contributed by atoms with Crippen molar-refractivity contribution in [3.63, 3.8) is 0 Å². The second-order valence-corrected chi connectivity index (χ2v) is 5.74. The number of sulfonamides is 1. The Morgan fingerprint density at radius 2 is 2.33 bits per heavy atom. The Bertz CT molecular complexity index is 455. The highest BCUT2D eigenvalue weighted by atomic mass is 79.9. The molecule has 0 bridgehead atoms. The van der Waals surface area contributed by atoms with Crippen molar-refractivity contribution in [1.82, 2.24) is 9.78 Å². The van der Waals surface area contributed by atoms with Crippen molar-refractivity contribution < 1.29 is 13.2 Å². The number of anilines is 1. The number of hydrogen-bond donors (Lipinski definition) is 2. The first-order valence-corrected chi connectivity index (χ1v) is 6.57. The number of alkyl halides is 1. The highest BCUT2D eigenvalue weighted by molar-refractivity contribution is 9.10. The summed E-state index contributed by atoms with van der Waals surface area (Å²) in [5.41, 5.74) is 5.23. The zero-order valence-corrected chi connectivity index (χ0v) is 9.95. The molecule has 0 aliphatic heterocycles. The van der Waals surface area contributed by atoms with Crippen molar-refractivity contribution in [2.75, 3.05) is 9.38 Å². The second-order valence-electron chi connectivity index (χ2n) is 2.72. The fraction of sp³-hybridized carbons (Fsp3) is 0.333. The van der Waals surface area contributed by atoms with Crippen LogP contribution in [0.2, 0.25) is 0 Å². The molecule has 0 saturated heterocycles. The molecule has 0 saturated carbocycles. The molecule has 1 rings (SSSR count). The van der Waals surface area contributed by atoms with Gasteiger partial charge in [-0.15, -0.1) is 0 Å². The predicted octanol–water partition coefficient (Wildman–Crippen LogP) is -0.538. The summed E-state index contributed by atoms with van der Waals surface area (Å²) in [6.07, 6.45) is 2.67. The molecule has 0 radical (unpaired) electrons. The summed E-state index contributed by atoms with van der Waals surface area (Å²) in [4.78, 5) is 10.5. The summed E-state index contributed by atoms with van der Waals surface area (Å²) >= 11 is 2.82. The summed E-state index contributed by atoms with van der Waals surface area (Å²) in [5.74, 6) is -0.548. The van der Waals surface area contributed by atoms with Crippen LogP contribution < -0.4 is 10.5 Å². The Kier molecular flexibility index (Phi) is 3.69. The summed E-state index contributed by atoms with van der Waals surface area (Å²) in [6, 6.07) is 0. The number of carbonyl (C=O) groups is 1. The Morgan fingerprint density at radius 1 is 1.67 bits per heavy atom. The molecule has 0 aromatic carbocycles. The van der Waals surface area contributed by atoms with E-state index in [0.29, 0.717) is 0 Å². The van der Waals surface area contributed by atoms with Gasteiger partial charge in [0, 0.05) is 6.20 Å². The molecule has 9 heteroatoms. The fourth-order valence-corrected chi connectivity index (χ4v) is 1.73. The van der Waals surface area contributed by atoms with Crippen molar-refractivity contribution in [2.45, 2.75) is 6.54 Å². The number of nitrogens with one attached hydrogen (secondary N) is 1. The molecule has 0 aliphatic carbocycles. The van der Waals surface area contributed by atoms with Crippen molar-refractivity contribution >= 4 is 37.5 Å². The lowest BCUT2D eigenvalue weighted by Gasteiger charge is -2.00. The van der Waals surface area contributed by atoms with Gasteiger partial charge < -0.3 is 5.73 Å². The summed E-state index contributed by atoms with van der Waals surface area (Å²) in [5, 5.41) is 3.75. The van der Waals surface area contributed by atoms with E-state index in [4.69, 9.17) is 5.73 Å². The highest BCUT2D eigenvalue weighted by Crippen LogP contribution is 2.08. The van der Waals surface area contributed by atoms with Gasteiger partial charge >= 0.3 is 0 Å². The molecule has 15 heavy (non-hydrogen) atoms. The molecule has 0 spiro atoms. The van der Waals surface area contributed by atoms with E-state index < -0.39 is 15.9 Å². The summed E-state index contributed by atoms with van der Waals surface area (Å²) in [6.45, 7) is -0.0873. The lowest BCUT2D eigenvalue weighted by Crippen LogP contribution is -2.18. The van der Waals surface area contributed by atoms with Crippen LogP contribution >= 0.6 is 15.9 Å². The number of rotatable bonds is 5. The van der Waals surface area contributed by atoms with Gasteiger partial charge in [-0.05, 0) is 0 Å². The van der Waals surface area contributed by atoms with E-state index >= 15 is 0 Å². The van der Waals surface area contributed by atoms with Crippen LogP contribution in [0.1, 0.15) is 0 Å². The van der Waals surface area contributed by atoms with Gasteiger partial charge in [-0.1, -0.05) is 15.9 Å². The molecule has 0 atom stereocenters. The van der Waals surface area contributed by atoms with E-state index in [-0.39, 0.29) is 16.9 Å². The molecule has 0 unspecified atom stereocenters. The average Bonchev–Trinajstić information content (AvgIpc) is 2.50. The second kappa shape index (κ2) is 4.62. The van der Waals surface area contributed by atoms with E-state index in [1.54, 1.807) is 0 Å². The summed E-state index contributed by atoms with van der Waals surface area (Å²) < 4.78 is 25.5. The standard InChI is InChI=1S/C6H9BrN4O3S/c7-4-15(13,14)10-5-1-9-11(2-5)3-6(8)12/h1-2,10H,3-4H2,(H2,8,12). The van der Waals surface area contributed by atoms with E-state index in [1.165, 1.54) is 17.1 Å². The SMILES string of the molecule is NC(=O)Cn1cc(NS(=O)(=O)CBr)cn1. The van der Waals surface area contributed by atoms with E-state index in [0.717, 1.165) is 0 Å². The Balaban J connectivity index is 2.73. The average molecular weight is 297 g/mol. The zero-order valence-electron chi connectivity index (χ0n) is 7.55. The van der Waals surface area contributed by atoms with Crippen LogP contribution in [0.4, 0.5) is 5.69 Å². The minimum absolute atomic E-state index is 0.0873. The molecule has 1 heterocycles.